The summed E-state index contributed by atoms with van der Waals surface area (Å²) in [4.78, 5) is 18.3. The van der Waals surface area contributed by atoms with Gasteiger partial charge in [0.05, 0.1) is 31.1 Å². The molecule has 50 heavy (non-hydrogen) atoms. The van der Waals surface area contributed by atoms with Crippen LogP contribution in [0.15, 0.2) is 149 Å². The number of halogens is 1. The molecule has 6 aromatic rings. The molecule has 9 nitrogen and oxygen atoms in total. The number of aromatic carboxylic acids is 1. The fourth-order valence-electron chi connectivity index (χ4n) is 6.94. The smallest absolute Gasteiger partial charge is 0.354 e. The number of carboxylic acid groups (broad SMARTS) is 1. The van der Waals surface area contributed by atoms with Gasteiger partial charge in [0.25, 0.3) is 0 Å². The Morgan fingerprint density at radius 3 is 1.96 bits per heavy atom. The van der Waals surface area contributed by atoms with Crippen LogP contribution in [-0.2, 0) is 12.1 Å². The van der Waals surface area contributed by atoms with Crippen LogP contribution in [0.1, 0.15) is 38.4 Å². The second kappa shape index (κ2) is 12.7. The molecular weight excluding hydrogens is 692 g/mol. The number of hydrogen-bond donors (Lipinski definition) is 1. The van der Waals surface area contributed by atoms with E-state index >= 15 is 0 Å². The number of benzene rings is 4. The molecule has 0 spiro atoms. The van der Waals surface area contributed by atoms with E-state index in [0.29, 0.717) is 11.5 Å². The van der Waals surface area contributed by atoms with E-state index in [2.05, 4.69) is 57.3 Å². The molecule has 0 bridgehead atoms. The average molecular weight is 722 g/mol. The van der Waals surface area contributed by atoms with Gasteiger partial charge in [0.15, 0.2) is 5.54 Å². The molecule has 1 N–H and O–H groups in total. The van der Waals surface area contributed by atoms with Crippen LogP contribution in [0.2, 0.25) is 0 Å². The van der Waals surface area contributed by atoms with Crippen molar-refractivity contribution < 1.29 is 14.3 Å². The number of hydrogen-bond acceptors (Lipinski definition) is 6. The van der Waals surface area contributed by atoms with Crippen LogP contribution in [0.5, 0.6) is 0 Å². The van der Waals surface area contributed by atoms with Gasteiger partial charge in [-0.1, -0.05) is 115 Å². The number of tetrazole rings is 1. The Labute approximate surface area is 296 Å². The first-order valence-electron chi connectivity index (χ1n) is 16.0. The van der Waals surface area contributed by atoms with Gasteiger partial charge in [-0.2, -0.15) is 0 Å². The van der Waals surface area contributed by atoms with E-state index in [1.54, 1.807) is 35.1 Å². The highest BCUT2D eigenvalue weighted by Gasteiger charge is 2.41. The van der Waals surface area contributed by atoms with Crippen LogP contribution in [-0.4, -0.2) is 40.8 Å². The molecule has 0 radical (unpaired) electrons. The Kier molecular flexibility index (Phi) is 7.93. The third-order valence-electron chi connectivity index (χ3n) is 9.15. The van der Waals surface area contributed by atoms with Crippen LogP contribution >= 0.6 is 15.9 Å². The number of carbonyl (C=O) groups is 1. The first-order valence-corrected chi connectivity index (χ1v) is 16.8. The molecule has 2 aromatic heterocycles. The standard InChI is InChI=1S/C40H29BrN6O3/c1-26-37(39(48)49)46(25-42-26)23-33-30-21-22-50-24-34(30)36(41)35(33)31-19-11-12-20-32(31)38-43-45-47(44-38)40(27-13-5-2-6-14-27,28-15-7-3-8-16-28)29-17-9-4-10-18-29/h2-22,24-25H,23H2,1H3,(H,48,49). The van der Waals surface area contributed by atoms with Gasteiger partial charge in [-0.25, -0.2) is 9.78 Å². The van der Waals surface area contributed by atoms with Crippen molar-refractivity contribution in [3.05, 3.63) is 178 Å². The zero-order valence-electron chi connectivity index (χ0n) is 26.8. The normalized spacial score (nSPS) is 11.6. The third kappa shape index (κ3) is 5.03. The molecule has 10 heteroatoms. The Morgan fingerprint density at radius 2 is 1.36 bits per heavy atom. The fraction of sp³-hybridized carbons (Fsp3) is 0.0750. The molecule has 1 aliphatic heterocycles. The first kappa shape index (κ1) is 31.2. The summed E-state index contributed by atoms with van der Waals surface area (Å²) in [5, 5.41) is 24.7. The van der Waals surface area contributed by atoms with E-state index in [1.165, 1.54) is 0 Å². The lowest BCUT2D eigenvalue weighted by atomic mass is 9.77. The van der Waals surface area contributed by atoms with Crippen molar-refractivity contribution in [2.45, 2.75) is 19.0 Å². The van der Waals surface area contributed by atoms with Crippen LogP contribution < -0.4 is 0 Å². The lowest BCUT2D eigenvalue weighted by Gasteiger charge is -2.34. The molecule has 0 saturated heterocycles. The number of nitrogens with zero attached hydrogens (tertiary/aromatic N) is 6. The number of rotatable bonds is 9. The van der Waals surface area contributed by atoms with Gasteiger partial charge in [0.2, 0.25) is 5.82 Å². The summed E-state index contributed by atoms with van der Waals surface area (Å²) in [5.41, 5.74) is 7.76. The average Bonchev–Trinajstić information content (AvgIpc) is 3.87. The molecule has 244 valence electrons. The van der Waals surface area contributed by atoms with Gasteiger partial charge in [-0.15, -0.1) is 15.0 Å². The number of aryl methyl sites for hydroxylation is 1. The number of imidazole rings is 1. The van der Waals surface area contributed by atoms with E-state index in [1.807, 2.05) is 84.9 Å². The largest absolute Gasteiger partial charge is 0.477 e. The maximum Gasteiger partial charge on any atom is 0.354 e. The fourth-order valence-corrected chi connectivity index (χ4v) is 7.70. The predicted molar refractivity (Wildman–Crippen MR) is 193 cm³/mol. The summed E-state index contributed by atoms with van der Waals surface area (Å²) in [6.07, 6.45) is 4.88. The van der Waals surface area contributed by atoms with Crippen LogP contribution in [0.4, 0.5) is 0 Å². The third-order valence-corrected chi connectivity index (χ3v) is 9.97. The quantitative estimate of drug-likeness (QED) is 0.149. The van der Waals surface area contributed by atoms with E-state index < -0.39 is 11.5 Å². The number of fused-ring (bicyclic) bond motifs is 1. The highest BCUT2D eigenvalue weighted by Crippen LogP contribution is 2.49. The Bertz CT molecular complexity index is 2320. The summed E-state index contributed by atoms with van der Waals surface area (Å²) in [5.74, 6) is -0.600. The van der Waals surface area contributed by atoms with Crippen molar-refractivity contribution in [2.75, 3.05) is 0 Å². The van der Waals surface area contributed by atoms with Crippen molar-refractivity contribution >= 4 is 21.9 Å². The maximum atomic E-state index is 12.2. The van der Waals surface area contributed by atoms with Gasteiger partial charge in [-0.05, 0) is 67.5 Å². The second-order valence-electron chi connectivity index (χ2n) is 11.9. The van der Waals surface area contributed by atoms with Gasteiger partial charge in [-0.3, -0.25) is 0 Å². The Morgan fingerprint density at radius 1 is 0.780 bits per heavy atom. The molecule has 0 fully saturated rings. The maximum absolute atomic E-state index is 12.2. The molecule has 0 amide bonds. The van der Waals surface area contributed by atoms with Crippen LogP contribution in [0.3, 0.4) is 0 Å². The minimum atomic E-state index is -1.04. The highest BCUT2D eigenvalue weighted by atomic mass is 79.9. The summed E-state index contributed by atoms with van der Waals surface area (Å²) >= 11 is 3.88. The van der Waals surface area contributed by atoms with E-state index in [4.69, 9.17) is 19.8 Å². The summed E-state index contributed by atoms with van der Waals surface area (Å²) in [6.45, 7) is 1.96. The molecule has 8 rings (SSSR count). The zero-order valence-corrected chi connectivity index (χ0v) is 28.4. The van der Waals surface area contributed by atoms with Crippen molar-refractivity contribution in [3.8, 4) is 33.6 Å². The zero-order chi connectivity index (χ0) is 34.2. The molecule has 2 aliphatic rings. The SMILES string of the molecule is Cc1ncn(Cc2c3ccocc-3c(Br)c2-c2ccccc2-c2nnn(C(c3ccccc3)(c3ccccc3)c3ccccc3)n2)c1C(=O)O. The summed E-state index contributed by atoms with van der Waals surface area (Å²) < 4.78 is 8.07. The van der Waals surface area contributed by atoms with Gasteiger partial charge in [0, 0.05) is 21.2 Å². The molecule has 0 unspecified atom stereocenters. The predicted octanol–water partition coefficient (Wildman–Crippen LogP) is 8.56. The highest BCUT2D eigenvalue weighted by molar-refractivity contribution is 9.10. The lowest BCUT2D eigenvalue weighted by molar-refractivity contribution is 0.0684. The summed E-state index contributed by atoms with van der Waals surface area (Å²) in [6, 6.07) is 40.5. The van der Waals surface area contributed by atoms with Crippen molar-refractivity contribution in [3.63, 3.8) is 0 Å². The minimum absolute atomic E-state index is 0.138. The van der Waals surface area contributed by atoms with E-state index in [9.17, 15) is 9.90 Å². The molecule has 4 aromatic carbocycles. The molecule has 0 atom stereocenters. The molecular formula is C40H29BrN6O3. The minimum Gasteiger partial charge on any atom is -0.477 e. The van der Waals surface area contributed by atoms with Crippen molar-refractivity contribution in [2.24, 2.45) is 0 Å². The van der Waals surface area contributed by atoms with E-state index in [-0.39, 0.29) is 12.2 Å². The first-order chi connectivity index (χ1) is 24.5. The van der Waals surface area contributed by atoms with Gasteiger partial charge < -0.3 is 14.1 Å². The number of carboxylic acids is 1. The second-order valence-corrected chi connectivity index (χ2v) is 12.7. The number of aromatic nitrogens is 6. The van der Waals surface area contributed by atoms with Crippen molar-refractivity contribution in [1.29, 1.82) is 0 Å². The topological polar surface area (TPSA) is 112 Å². The molecule has 3 heterocycles. The van der Waals surface area contributed by atoms with Crippen LogP contribution in [0.25, 0.3) is 33.6 Å². The summed E-state index contributed by atoms with van der Waals surface area (Å²) in [7, 11) is 0. The van der Waals surface area contributed by atoms with Crippen LogP contribution in [0, 0.1) is 6.92 Å². The monoisotopic (exact) mass is 720 g/mol. The van der Waals surface area contributed by atoms with Gasteiger partial charge >= 0.3 is 5.97 Å². The molecule has 1 aliphatic carbocycles. The van der Waals surface area contributed by atoms with E-state index in [0.717, 1.165) is 54.5 Å². The Hall–Kier alpha value is -6.13. The Balaban J connectivity index is 1.34. The van der Waals surface area contributed by atoms with Crippen molar-refractivity contribution in [1.82, 2.24) is 29.8 Å². The molecule has 0 saturated carbocycles. The van der Waals surface area contributed by atoms with Gasteiger partial charge in [0.1, 0.15) is 5.69 Å². The lowest BCUT2D eigenvalue weighted by Crippen LogP contribution is -2.39.